The van der Waals surface area contributed by atoms with Gasteiger partial charge in [0.25, 0.3) is 5.91 Å². The highest BCUT2D eigenvalue weighted by molar-refractivity contribution is 7.13. The predicted molar refractivity (Wildman–Crippen MR) is 127 cm³/mol. The Morgan fingerprint density at radius 2 is 1.84 bits per heavy atom. The molecule has 152 valence electrons. The SMILES string of the molecule is O=C(Nc1nccs1)c1[nH]c(-c2cccc3ccccc23)nc1-c1ccc(CCl)cc1. The number of anilines is 1. The van der Waals surface area contributed by atoms with Crippen molar-refractivity contribution in [2.45, 2.75) is 5.88 Å². The van der Waals surface area contributed by atoms with Crippen LogP contribution in [-0.4, -0.2) is 20.9 Å². The van der Waals surface area contributed by atoms with Gasteiger partial charge in [0, 0.05) is 28.6 Å². The van der Waals surface area contributed by atoms with E-state index in [4.69, 9.17) is 16.6 Å². The summed E-state index contributed by atoms with van der Waals surface area (Å²) in [6.45, 7) is 0. The molecule has 0 unspecified atom stereocenters. The van der Waals surface area contributed by atoms with E-state index in [-0.39, 0.29) is 5.91 Å². The number of hydrogen-bond acceptors (Lipinski definition) is 4. The molecule has 2 heterocycles. The standard InChI is InChI=1S/C24H17ClN4OS/c25-14-15-8-10-17(11-9-15)20-21(23(30)29-24-26-12-13-31-24)28-22(27-20)19-7-3-5-16-4-1-2-6-18(16)19/h1-13H,14H2,(H,27,28)(H,26,29,30). The van der Waals surface area contributed by atoms with Gasteiger partial charge in [-0.2, -0.15) is 0 Å². The van der Waals surface area contributed by atoms with Crippen molar-refractivity contribution >= 4 is 44.7 Å². The predicted octanol–water partition coefficient (Wildman–Crippen LogP) is 6.34. The van der Waals surface area contributed by atoms with Gasteiger partial charge >= 0.3 is 0 Å². The average molecular weight is 445 g/mol. The first kappa shape index (κ1) is 19.5. The molecule has 0 radical (unpaired) electrons. The van der Waals surface area contributed by atoms with E-state index in [2.05, 4.69) is 33.5 Å². The number of hydrogen-bond donors (Lipinski definition) is 2. The fourth-order valence-electron chi connectivity index (χ4n) is 3.50. The lowest BCUT2D eigenvalue weighted by molar-refractivity contribution is 0.102. The highest BCUT2D eigenvalue weighted by Crippen LogP contribution is 2.31. The molecule has 2 aromatic heterocycles. The minimum absolute atomic E-state index is 0.287. The van der Waals surface area contributed by atoms with Crippen LogP contribution in [0, 0.1) is 0 Å². The number of carbonyl (C=O) groups excluding carboxylic acids is 1. The van der Waals surface area contributed by atoms with Crippen molar-refractivity contribution < 1.29 is 4.79 Å². The fourth-order valence-corrected chi connectivity index (χ4v) is 4.20. The van der Waals surface area contributed by atoms with Crippen molar-refractivity contribution in [2.75, 3.05) is 5.32 Å². The van der Waals surface area contributed by atoms with Crippen molar-refractivity contribution in [3.63, 3.8) is 0 Å². The normalized spacial score (nSPS) is 11.0. The second-order valence-corrected chi connectivity index (χ2v) is 8.12. The molecule has 2 N–H and O–H groups in total. The molecule has 5 aromatic rings. The Labute approximate surface area is 187 Å². The fraction of sp³-hybridized carbons (Fsp3) is 0.0417. The van der Waals surface area contributed by atoms with E-state index in [1.165, 1.54) is 11.3 Å². The molecule has 0 spiro atoms. The maximum Gasteiger partial charge on any atom is 0.276 e. The van der Waals surface area contributed by atoms with E-state index in [0.717, 1.165) is 27.5 Å². The lowest BCUT2D eigenvalue weighted by atomic mass is 10.0. The summed E-state index contributed by atoms with van der Waals surface area (Å²) >= 11 is 7.30. The molecule has 31 heavy (non-hydrogen) atoms. The quantitative estimate of drug-likeness (QED) is 0.310. The number of aromatic nitrogens is 3. The van der Waals surface area contributed by atoms with Gasteiger partial charge < -0.3 is 4.98 Å². The maximum absolute atomic E-state index is 13.1. The molecular weight excluding hydrogens is 428 g/mol. The Bertz CT molecular complexity index is 1360. The van der Waals surface area contributed by atoms with Gasteiger partial charge in [-0.15, -0.1) is 22.9 Å². The molecule has 0 aliphatic rings. The molecule has 3 aromatic carbocycles. The average Bonchev–Trinajstić information content (AvgIpc) is 3.49. The Hall–Kier alpha value is -3.48. The van der Waals surface area contributed by atoms with Crippen LogP contribution in [-0.2, 0) is 5.88 Å². The molecule has 0 saturated carbocycles. The van der Waals surface area contributed by atoms with E-state index in [9.17, 15) is 4.79 Å². The number of imidazole rings is 1. The van der Waals surface area contributed by atoms with Crippen LogP contribution in [0.1, 0.15) is 16.1 Å². The first-order valence-electron chi connectivity index (χ1n) is 9.67. The number of rotatable bonds is 5. The van der Waals surface area contributed by atoms with E-state index < -0.39 is 0 Å². The van der Waals surface area contributed by atoms with Crippen molar-refractivity contribution in [3.05, 3.63) is 89.6 Å². The molecule has 1 amide bonds. The summed E-state index contributed by atoms with van der Waals surface area (Å²) < 4.78 is 0. The third kappa shape index (κ3) is 3.83. The molecule has 0 saturated heterocycles. The number of alkyl halides is 1. The summed E-state index contributed by atoms with van der Waals surface area (Å²) in [4.78, 5) is 25.3. The zero-order chi connectivity index (χ0) is 21.2. The van der Waals surface area contributed by atoms with E-state index >= 15 is 0 Å². The molecule has 0 fully saturated rings. The van der Waals surface area contributed by atoms with Crippen LogP contribution in [0.15, 0.2) is 78.3 Å². The lowest BCUT2D eigenvalue weighted by Crippen LogP contribution is -2.13. The summed E-state index contributed by atoms with van der Waals surface area (Å²) in [5.74, 6) is 0.780. The van der Waals surface area contributed by atoms with Gasteiger partial charge in [-0.1, -0.05) is 66.7 Å². The number of aromatic amines is 1. The number of carbonyl (C=O) groups is 1. The van der Waals surface area contributed by atoms with E-state index in [1.807, 2.05) is 53.9 Å². The summed E-state index contributed by atoms with van der Waals surface area (Å²) in [6, 6.07) is 21.9. The first-order valence-corrected chi connectivity index (χ1v) is 11.1. The molecule has 0 bridgehead atoms. The molecule has 7 heteroatoms. The zero-order valence-corrected chi connectivity index (χ0v) is 17.9. The number of benzene rings is 3. The van der Waals surface area contributed by atoms with Gasteiger partial charge in [0.2, 0.25) is 0 Å². The minimum Gasteiger partial charge on any atom is -0.333 e. The highest BCUT2D eigenvalue weighted by Gasteiger charge is 2.21. The van der Waals surface area contributed by atoms with Crippen molar-refractivity contribution in [1.29, 1.82) is 0 Å². The van der Waals surface area contributed by atoms with Crippen LogP contribution in [0.3, 0.4) is 0 Å². The third-order valence-corrected chi connectivity index (χ3v) is 6.01. The molecule has 5 nitrogen and oxygen atoms in total. The van der Waals surface area contributed by atoms with Gasteiger partial charge in [0.05, 0.1) is 0 Å². The maximum atomic E-state index is 13.1. The van der Waals surface area contributed by atoms with E-state index in [1.54, 1.807) is 6.20 Å². The molecular formula is C24H17ClN4OS. The Kier molecular flexibility index (Phi) is 5.24. The van der Waals surface area contributed by atoms with Crippen molar-refractivity contribution in [2.24, 2.45) is 0 Å². The Morgan fingerprint density at radius 3 is 2.61 bits per heavy atom. The van der Waals surface area contributed by atoms with Crippen LogP contribution in [0.4, 0.5) is 5.13 Å². The second-order valence-electron chi connectivity index (χ2n) is 6.96. The van der Waals surface area contributed by atoms with Crippen molar-refractivity contribution in [1.82, 2.24) is 15.0 Å². The Balaban J connectivity index is 1.64. The van der Waals surface area contributed by atoms with Gasteiger partial charge in [0.1, 0.15) is 17.2 Å². The topological polar surface area (TPSA) is 70.7 Å². The van der Waals surface area contributed by atoms with Crippen LogP contribution in [0.25, 0.3) is 33.4 Å². The van der Waals surface area contributed by atoms with Crippen molar-refractivity contribution in [3.8, 4) is 22.6 Å². The molecule has 5 rings (SSSR count). The largest absolute Gasteiger partial charge is 0.333 e. The summed E-state index contributed by atoms with van der Waals surface area (Å²) in [7, 11) is 0. The van der Waals surface area contributed by atoms with Gasteiger partial charge in [-0.05, 0) is 16.3 Å². The van der Waals surface area contributed by atoms with Crippen LogP contribution < -0.4 is 5.32 Å². The van der Waals surface area contributed by atoms with Crippen LogP contribution >= 0.6 is 22.9 Å². The third-order valence-electron chi connectivity index (χ3n) is 5.01. The number of nitrogens with one attached hydrogen (secondary N) is 2. The smallest absolute Gasteiger partial charge is 0.276 e. The number of thiazole rings is 1. The van der Waals surface area contributed by atoms with Crippen LogP contribution in [0.2, 0.25) is 0 Å². The minimum atomic E-state index is -0.287. The zero-order valence-electron chi connectivity index (χ0n) is 16.3. The lowest BCUT2D eigenvalue weighted by Gasteiger charge is -2.04. The summed E-state index contributed by atoms with van der Waals surface area (Å²) in [6.07, 6.45) is 1.65. The summed E-state index contributed by atoms with van der Waals surface area (Å²) in [5, 5.41) is 7.38. The second kappa shape index (κ2) is 8.34. The number of nitrogens with zero attached hydrogens (tertiary/aromatic N) is 2. The van der Waals surface area contributed by atoms with Gasteiger partial charge in [-0.3, -0.25) is 10.1 Å². The number of H-pyrrole nitrogens is 1. The van der Waals surface area contributed by atoms with Gasteiger partial charge in [0.15, 0.2) is 5.13 Å². The first-order chi connectivity index (χ1) is 15.2. The number of halogens is 1. The molecule has 0 aliphatic heterocycles. The number of amides is 1. The van der Waals surface area contributed by atoms with Gasteiger partial charge in [-0.25, -0.2) is 9.97 Å². The monoisotopic (exact) mass is 444 g/mol. The summed E-state index contributed by atoms with van der Waals surface area (Å²) in [5.41, 5.74) is 3.74. The molecule has 0 atom stereocenters. The van der Waals surface area contributed by atoms with E-state index in [0.29, 0.717) is 28.2 Å². The molecule has 0 aliphatic carbocycles. The highest BCUT2D eigenvalue weighted by atomic mass is 35.5. The Morgan fingerprint density at radius 1 is 1.03 bits per heavy atom. The number of fused-ring (bicyclic) bond motifs is 1. The van der Waals surface area contributed by atoms with Crippen LogP contribution in [0.5, 0.6) is 0 Å².